The van der Waals surface area contributed by atoms with Crippen LogP contribution in [-0.2, 0) is 15.6 Å². The number of likely N-dealkylation sites (N-methyl/N-ethyl adjacent to an activating group) is 1. The normalized spacial score (nSPS) is 20.3. The van der Waals surface area contributed by atoms with Gasteiger partial charge in [-0.2, -0.15) is 0 Å². The average Bonchev–Trinajstić information content (AvgIpc) is 3.47. The number of ketones is 2. The van der Waals surface area contributed by atoms with E-state index in [1.54, 1.807) is 9.80 Å². The Morgan fingerprint density at radius 3 is 2.06 bits per heavy atom. The van der Waals surface area contributed by atoms with Crippen molar-refractivity contribution >= 4 is 40.5 Å². The second kappa shape index (κ2) is 18.0. The molecule has 2 unspecified atom stereocenters. The molecular weight excluding hydrogens is 799 g/mol. The van der Waals surface area contributed by atoms with E-state index in [2.05, 4.69) is 71.4 Å². The number of amides is 1. The molecule has 2 aliphatic heterocycles. The Labute approximate surface area is 378 Å². The number of nitrogens with zero attached hydrogens (tertiary/aromatic N) is 3. The highest BCUT2D eigenvalue weighted by atomic mass is 32.1. The second-order valence-corrected chi connectivity index (χ2v) is 18.3. The van der Waals surface area contributed by atoms with E-state index in [0.29, 0.717) is 46.9 Å². The van der Waals surface area contributed by atoms with Gasteiger partial charge in [0.05, 0.1) is 0 Å². The van der Waals surface area contributed by atoms with Gasteiger partial charge in [-0.3, -0.25) is 19.3 Å². The maximum Gasteiger partial charge on any atom is 0.240 e. The molecule has 3 aliphatic rings. The number of aliphatic hydroxyl groups excluding tert-OH is 1. The Kier molecular flexibility index (Phi) is 12.9. The molecule has 0 aromatic heterocycles. The number of allylic oxidation sites excluding steroid dienone is 8. The lowest BCUT2D eigenvalue weighted by molar-refractivity contribution is -0.142. The molecule has 1 aliphatic carbocycles. The smallest absolute Gasteiger partial charge is 0.240 e. The Morgan fingerprint density at radius 1 is 0.857 bits per heavy atom. The summed E-state index contributed by atoms with van der Waals surface area (Å²) in [6.07, 6.45) is 9.54. The highest BCUT2D eigenvalue weighted by molar-refractivity contribution is 7.80. The summed E-state index contributed by atoms with van der Waals surface area (Å²) in [5.74, 6) is -1.13. The predicted octanol–water partition coefficient (Wildman–Crippen LogP) is 11.0. The number of hydrogen-bond acceptors (Lipinski definition) is 6. The molecule has 1 amide bonds. The summed E-state index contributed by atoms with van der Waals surface area (Å²) in [4.78, 5) is 47.2. The van der Waals surface area contributed by atoms with Gasteiger partial charge in [-0.25, -0.2) is 0 Å². The van der Waals surface area contributed by atoms with Crippen LogP contribution in [0.2, 0.25) is 0 Å². The summed E-state index contributed by atoms with van der Waals surface area (Å²) < 4.78 is 0. The Balaban J connectivity index is 1.29. The first kappa shape index (κ1) is 45.1. The minimum absolute atomic E-state index is 0.0145. The van der Waals surface area contributed by atoms with Crippen molar-refractivity contribution in [2.45, 2.75) is 84.8 Å². The predicted molar refractivity (Wildman–Crippen MR) is 259 cm³/mol. The van der Waals surface area contributed by atoms with Crippen LogP contribution in [0.5, 0.6) is 0 Å². The van der Waals surface area contributed by atoms with Crippen molar-refractivity contribution in [3.63, 3.8) is 0 Å². The number of thiocarbonyl (C=S) groups is 1. The SMILES string of the molecule is C=C(C=CC1=C(C2C(=O)N(CC)C(=S)N(CC)C2O)/C(=C\C=C2N(C)c3ccc(C(=O)c4ccccc4)cc3C2(C)C)CCC1)C(C)(C)c1cc(C(=O)c2ccccc2)ccc1C. The maximum atomic E-state index is 14.6. The van der Waals surface area contributed by atoms with Gasteiger partial charge in [0.25, 0.3) is 0 Å². The largest absolute Gasteiger partial charge is 0.372 e. The van der Waals surface area contributed by atoms with Gasteiger partial charge in [-0.1, -0.05) is 125 Å². The molecule has 0 bridgehead atoms. The summed E-state index contributed by atoms with van der Waals surface area (Å²) in [5.41, 5.74) is 10.4. The van der Waals surface area contributed by atoms with E-state index in [0.717, 1.165) is 63.2 Å². The zero-order valence-electron chi connectivity index (χ0n) is 37.9. The number of carbonyl (C=O) groups excluding carboxylic acids is 3. The fourth-order valence-electron chi connectivity index (χ4n) is 9.60. The second-order valence-electron chi connectivity index (χ2n) is 17.9. The summed E-state index contributed by atoms with van der Waals surface area (Å²) >= 11 is 5.76. The Bertz CT molecular complexity index is 2620. The standard InChI is InChI=1S/C55H59N3O4S/c1-10-57-51(61)48(52(62)58(11-2)53(57)63)47-37(28-26-36(4)54(5,6)43-33-41(27-25-35(43)3)49(59)39-19-14-12-15-20-39)23-18-24-38(47)30-32-46-55(7,8)44-34-42(29-31-45(44)56(46)9)50(60)40-21-16-13-17-22-40/h12-17,19-22,25-34,48,51,61H,4,10-11,18,23-24H2,1-3,5-9H3/b28-26?,38-30-,46-32?. The number of hydrogen-bond donors (Lipinski definition) is 1. The number of aryl methyl sites for hydroxylation is 1. The van der Waals surface area contributed by atoms with Crippen LogP contribution in [-0.4, -0.2) is 63.9 Å². The quantitative estimate of drug-likeness (QED) is 0.0863. The van der Waals surface area contributed by atoms with Crippen LogP contribution in [0.1, 0.15) is 109 Å². The van der Waals surface area contributed by atoms with Crippen LogP contribution in [0, 0.1) is 12.8 Å². The molecule has 63 heavy (non-hydrogen) atoms. The van der Waals surface area contributed by atoms with Crippen molar-refractivity contribution in [3.8, 4) is 0 Å². The number of rotatable bonds is 12. The minimum Gasteiger partial charge on any atom is -0.372 e. The van der Waals surface area contributed by atoms with E-state index < -0.39 is 23.0 Å². The molecule has 1 fully saturated rings. The van der Waals surface area contributed by atoms with Gasteiger partial charge in [0, 0.05) is 64.6 Å². The van der Waals surface area contributed by atoms with Gasteiger partial charge in [0.2, 0.25) is 5.91 Å². The van der Waals surface area contributed by atoms with E-state index in [-0.39, 0.29) is 17.5 Å². The third kappa shape index (κ3) is 8.34. The Morgan fingerprint density at radius 2 is 1.46 bits per heavy atom. The highest BCUT2D eigenvalue weighted by Gasteiger charge is 2.46. The molecule has 2 heterocycles. The van der Waals surface area contributed by atoms with Gasteiger partial charge >= 0.3 is 0 Å². The first-order valence-corrected chi connectivity index (χ1v) is 22.4. The van der Waals surface area contributed by atoms with Crippen LogP contribution in [0.15, 0.2) is 156 Å². The summed E-state index contributed by atoms with van der Waals surface area (Å²) in [6, 6.07) is 30.5. The molecule has 7 nitrogen and oxygen atoms in total. The first-order valence-electron chi connectivity index (χ1n) is 22.0. The fraction of sp³-hybridized carbons (Fsp3) is 0.309. The molecule has 4 aromatic carbocycles. The molecule has 1 saturated heterocycles. The molecule has 1 N–H and O–H groups in total. The van der Waals surface area contributed by atoms with Crippen LogP contribution in [0.3, 0.4) is 0 Å². The van der Waals surface area contributed by atoms with E-state index in [1.807, 2.05) is 117 Å². The minimum atomic E-state index is -1.15. The fourth-order valence-corrected chi connectivity index (χ4v) is 10.1. The van der Waals surface area contributed by atoms with E-state index >= 15 is 0 Å². The lowest BCUT2D eigenvalue weighted by Gasteiger charge is -2.45. The van der Waals surface area contributed by atoms with Gasteiger partial charge < -0.3 is 14.9 Å². The van der Waals surface area contributed by atoms with Gasteiger partial charge in [-0.15, -0.1) is 0 Å². The van der Waals surface area contributed by atoms with Gasteiger partial charge in [0.1, 0.15) is 12.1 Å². The van der Waals surface area contributed by atoms with Crippen LogP contribution in [0.4, 0.5) is 5.69 Å². The first-order chi connectivity index (χ1) is 30.0. The molecule has 4 aromatic rings. The molecule has 0 spiro atoms. The van der Waals surface area contributed by atoms with Crippen LogP contribution >= 0.6 is 12.2 Å². The maximum absolute atomic E-state index is 14.6. The number of carbonyl (C=O) groups is 3. The van der Waals surface area contributed by atoms with E-state index in [9.17, 15) is 19.5 Å². The topological polar surface area (TPSA) is 81.2 Å². The number of anilines is 1. The van der Waals surface area contributed by atoms with Crippen LogP contribution in [0.25, 0.3) is 0 Å². The summed E-state index contributed by atoms with van der Waals surface area (Å²) in [7, 11) is 2.05. The van der Waals surface area contributed by atoms with Crippen molar-refractivity contribution in [2.24, 2.45) is 5.92 Å². The molecule has 7 rings (SSSR count). The van der Waals surface area contributed by atoms with Gasteiger partial charge in [0.15, 0.2) is 16.7 Å². The number of fused-ring (bicyclic) bond motifs is 1. The zero-order valence-corrected chi connectivity index (χ0v) is 38.7. The molecule has 8 heteroatoms. The average molecular weight is 858 g/mol. The zero-order chi connectivity index (χ0) is 45.4. The number of benzene rings is 4. The van der Waals surface area contributed by atoms with E-state index in [1.165, 1.54) is 0 Å². The van der Waals surface area contributed by atoms with Gasteiger partial charge in [-0.05, 0) is 122 Å². The third-order valence-corrected chi connectivity index (χ3v) is 13.9. The van der Waals surface area contributed by atoms with E-state index in [4.69, 9.17) is 12.2 Å². The summed E-state index contributed by atoms with van der Waals surface area (Å²) in [6.45, 7) is 19.9. The monoisotopic (exact) mass is 857 g/mol. The van der Waals surface area contributed by atoms with Crippen molar-refractivity contribution in [1.82, 2.24) is 9.80 Å². The van der Waals surface area contributed by atoms with Crippen molar-refractivity contribution in [2.75, 3.05) is 25.0 Å². The third-order valence-electron chi connectivity index (χ3n) is 13.4. The van der Waals surface area contributed by atoms with Crippen molar-refractivity contribution in [3.05, 3.63) is 195 Å². The highest BCUT2D eigenvalue weighted by Crippen LogP contribution is 2.48. The molecule has 324 valence electrons. The molecular formula is C55H59N3O4S. The lowest BCUT2D eigenvalue weighted by Crippen LogP contribution is -2.62. The number of aliphatic hydroxyl groups is 1. The van der Waals surface area contributed by atoms with Crippen molar-refractivity contribution < 1.29 is 19.5 Å². The summed E-state index contributed by atoms with van der Waals surface area (Å²) in [5, 5.41) is 12.4. The lowest BCUT2D eigenvalue weighted by atomic mass is 9.74. The van der Waals surface area contributed by atoms with Crippen molar-refractivity contribution in [1.29, 1.82) is 0 Å². The molecule has 2 atom stereocenters. The molecule has 0 saturated carbocycles. The van der Waals surface area contributed by atoms with Crippen LogP contribution < -0.4 is 4.90 Å². The molecule has 0 radical (unpaired) electrons. The Hall–Kier alpha value is -5.96.